The number of rotatable bonds is 0. The highest BCUT2D eigenvalue weighted by Crippen LogP contribution is 2.53. The van der Waals surface area contributed by atoms with E-state index in [2.05, 4.69) is 55.6 Å². The molecule has 2 aliphatic rings. The number of nitrogens with one attached hydrogen (secondary N) is 1. The molecule has 112 valence electrons. The predicted molar refractivity (Wildman–Crippen MR) is 93.8 cm³/mol. The molecular formula is C21H17NO. The maximum absolute atomic E-state index is 6.12. The van der Waals surface area contributed by atoms with Gasteiger partial charge in [-0.2, -0.15) is 0 Å². The van der Waals surface area contributed by atoms with Crippen LogP contribution in [0.4, 0.5) is 11.4 Å². The molecule has 23 heavy (non-hydrogen) atoms. The standard InChI is InChI=1S/C21H17NO/c1-21(2)15-8-4-3-7-13(15)14-11-20-18(12-16(14)21)22-17-9-5-6-10-19(17)23-20/h3-12,22H,1-2H3. The lowest BCUT2D eigenvalue weighted by molar-refractivity contribution is 0.481. The van der Waals surface area contributed by atoms with Crippen molar-refractivity contribution in [2.45, 2.75) is 19.3 Å². The first-order valence-electron chi connectivity index (χ1n) is 7.97. The zero-order valence-electron chi connectivity index (χ0n) is 13.2. The number of anilines is 2. The van der Waals surface area contributed by atoms with E-state index in [9.17, 15) is 0 Å². The molecule has 0 saturated carbocycles. The minimum Gasteiger partial charge on any atom is -0.453 e. The van der Waals surface area contributed by atoms with Gasteiger partial charge in [-0.15, -0.1) is 0 Å². The molecule has 0 unspecified atom stereocenters. The van der Waals surface area contributed by atoms with Gasteiger partial charge < -0.3 is 10.1 Å². The van der Waals surface area contributed by atoms with E-state index in [1.165, 1.54) is 22.3 Å². The highest BCUT2D eigenvalue weighted by atomic mass is 16.5. The van der Waals surface area contributed by atoms with Crippen molar-refractivity contribution >= 4 is 11.4 Å². The second-order valence-electron chi connectivity index (χ2n) is 6.79. The Hall–Kier alpha value is -2.74. The van der Waals surface area contributed by atoms with E-state index in [4.69, 9.17) is 4.74 Å². The summed E-state index contributed by atoms with van der Waals surface area (Å²) in [6.07, 6.45) is 0. The van der Waals surface area contributed by atoms with Crippen LogP contribution in [0.25, 0.3) is 11.1 Å². The van der Waals surface area contributed by atoms with E-state index in [1.54, 1.807) is 0 Å². The molecule has 0 spiro atoms. The lowest BCUT2D eigenvalue weighted by atomic mass is 9.82. The van der Waals surface area contributed by atoms with Gasteiger partial charge in [-0.3, -0.25) is 0 Å². The van der Waals surface area contributed by atoms with Crippen LogP contribution in [-0.2, 0) is 5.41 Å². The van der Waals surface area contributed by atoms with Crippen LogP contribution in [0.2, 0.25) is 0 Å². The molecule has 1 N–H and O–H groups in total. The molecule has 0 saturated heterocycles. The zero-order chi connectivity index (χ0) is 15.6. The molecule has 1 aliphatic carbocycles. The summed E-state index contributed by atoms with van der Waals surface area (Å²) in [6.45, 7) is 4.59. The molecule has 0 aromatic heterocycles. The van der Waals surface area contributed by atoms with Crippen molar-refractivity contribution in [3.05, 3.63) is 71.8 Å². The Morgan fingerprint density at radius 1 is 0.739 bits per heavy atom. The van der Waals surface area contributed by atoms with E-state index in [-0.39, 0.29) is 5.41 Å². The van der Waals surface area contributed by atoms with Crippen LogP contribution in [0.1, 0.15) is 25.0 Å². The lowest BCUT2D eigenvalue weighted by Crippen LogP contribution is -2.15. The maximum Gasteiger partial charge on any atom is 0.151 e. The molecule has 0 fully saturated rings. The molecule has 0 radical (unpaired) electrons. The first-order chi connectivity index (χ1) is 11.1. The molecule has 3 aromatic carbocycles. The second-order valence-corrected chi connectivity index (χ2v) is 6.79. The molecule has 0 bridgehead atoms. The Morgan fingerprint density at radius 3 is 2.43 bits per heavy atom. The van der Waals surface area contributed by atoms with Crippen molar-refractivity contribution in [2.75, 3.05) is 5.32 Å². The topological polar surface area (TPSA) is 21.3 Å². The third-order valence-corrected chi connectivity index (χ3v) is 5.06. The third-order valence-electron chi connectivity index (χ3n) is 5.06. The monoisotopic (exact) mass is 299 g/mol. The first kappa shape index (κ1) is 12.8. The van der Waals surface area contributed by atoms with Gasteiger partial charge in [-0.05, 0) is 46.5 Å². The highest BCUT2D eigenvalue weighted by Gasteiger charge is 2.36. The Kier molecular flexibility index (Phi) is 2.31. The van der Waals surface area contributed by atoms with Crippen LogP contribution >= 0.6 is 0 Å². The van der Waals surface area contributed by atoms with E-state index in [1.807, 2.05) is 24.3 Å². The largest absolute Gasteiger partial charge is 0.453 e. The van der Waals surface area contributed by atoms with Crippen LogP contribution in [0.15, 0.2) is 60.7 Å². The molecule has 3 aromatic rings. The quantitative estimate of drug-likeness (QED) is 0.440. The molecule has 0 atom stereocenters. The number of fused-ring (bicyclic) bond motifs is 5. The summed E-state index contributed by atoms with van der Waals surface area (Å²) in [6, 6.07) is 21.2. The molecular weight excluding hydrogens is 282 g/mol. The number of ether oxygens (including phenoxy) is 1. The van der Waals surface area contributed by atoms with Crippen molar-refractivity contribution in [1.82, 2.24) is 0 Å². The van der Waals surface area contributed by atoms with Gasteiger partial charge in [-0.1, -0.05) is 50.2 Å². The summed E-state index contributed by atoms with van der Waals surface area (Å²) in [5.74, 6) is 1.78. The van der Waals surface area contributed by atoms with Gasteiger partial charge in [0, 0.05) is 5.41 Å². The summed E-state index contributed by atoms with van der Waals surface area (Å²) in [5.41, 5.74) is 7.42. The molecule has 1 heterocycles. The summed E-state index contributed by atoms with van der Waals surface area (Å²) in [5, 5.41) is 3.51. The van der Waals surface area contributed by atoms with Crippen LogP contribution < -0.4 is 10.1 Å². The lowest BCUT2D eigenvalue weighted by Gasteiger charge is -2.26. The van der Waals surface area contributed by atoms with Gasteiger partial charge >= 0.3 is 0 Å². The SMILES string of the molecule is CC1(C)c2ccccc2-c2cc3c(cc21)Nc1ccccc1O3. The van der Waals surface area contributed by atoms with Crippen molar-refractivity contribution in [3.63, 3.8) is 0 Å². The minimum absolute atomic E-state index is 0.0135. The highest BCUT2D eigenvalue weighted by molar-refractivity contribution is 5.87. The molecule has 0 amide bonds. The van der Waals surface area contributed by atoms with Crippen LogP contribution in [0.3, 0.4) is 0 Å². The van der Waals surface area contributed by atoms with Gasteiger partial charge in [0.1, 0.15) is 0 Å². The van der Waals surface area contributed by atoms with Crippen LogP contribution in [0, 0.1) is 0 Å². The maximum atomic E-state index is 6.12. The van der Waals surface area contributed by atoms with Crippen molar-refractivity contribution in [2.24, 2.45) is 0 Å². The number of benzene rings is 3. The minimum atomic E-state index is 0.0135. The third kappa shape index (κ3) is 1.63. The summed E-state index contributed by atoms with van der Waals surface area (Å²) >= 11 is 0. The molecule has 1 aliphatic heterocycles. The Morgan fingerprint density at radius 2 is 1.52 bits per heavy atom. The molecule has 2 nitrogen and oxygen atoms in total. The molecule has 2 heteroatoms. The van der Waals surface area contributed by atoms with E-state index in [0.29, 0.717) is 0 Å². The fraction of sp³-hybridized carbons (Fsp3) is 0.143. The van der Waals surface area contributed by atoms with Crippen molar-refractivity contribution < 1.29 is 4.74 Å². The van der Waals surface area contributed by atoms with Gasteiger partial charge in [0.25, 0.3) is 0 Å². The Labute approximate surface area is 135 Å². The second kappa shape index (κ2) is 4.17. The van der Waals surface area contributed by atoms with Crippen LogP contribution in [0.5, 0.6) is 11.5 Å². The first-order valence-corrected chi connectivity index (χ1v) is 7.97. The normalized spacial score (nSPS) is 15.6. The summed E-state index contributed by atoms with van der Waals surface area (Å²) in [4.78, 5) is 0. The summed E-state index contributed by atoms with van der Waals surface area (Å²) < 4.78 is 6.12. The van der Waals surface area contributed by atoms with Crippen LogP contribution in [-0.4, -0.2) is 0 Å². The Balaban J connectivity index is 1.74. The Bertz CT molecular complexity index is 956. The fourth-order valence-corrected chi connectivity index (χ4v) is 3.83. The number of hydrogen-bond acceptors (Lipinski definition) is 2. The van der Waals surface area contributed by atoms with Gasteiger partial charge in [0.15, 0.2) is 11.5 Å². The van der Waals surface area contributed by atoms with Gasteiger partial charge in [0.2, 0.25) is 0 Å². The van der Waals surface area contributed by atoms with Crippen molar-refractivity contribution in [1.29, 1.82) is 0 Å². The van der Waals surface area contributed by atoms with Crippen molar-refractivity contribution in [3.8, 4) is 22.6 Å². The number of hydrogen-bond donors (Lipinski definition) is 1. The zero-order valence-corrected chi connectivity index (χ0v) is 13.2. The smallest absolute Gasteiger partial charge is 0.151 e. The van der Waals surface area contributed by atoms with Gasteiger partial charge in [0.05, 0.1) is 11.4 Å². The van der Waals surface area contributed by atoms with E-state index < -0.39 is 0 Å². The average Bonchev–Trinajstić information content (AvgIpc) is 2.79. The fourth-order valence-electron chi connectivity index (χ4n) is 3.83. The average molecular weight is 299 g/mol. The van der Waals surface area contributed by atoms with E-state index in [0.717, 1.165) is 22.9 Å². The van der Waals surface area contributed by atoms with Gasteiger partial charge in [-0.25, -0.2) is 0 Å². The summed E-state index contributed by atoms with van der Waals surface area (Å²) in [7, 11) is 0. The number of para-hydroxylation sites is 2. The predicted octanol–water partition coefficient (Wildman–Crippen LogP) is 5.84. The van der Waals surface area contributed by atoms with E-state index >= 15 is 0 Å². The molecule has 5 rings (SSSR count).